The van der Waals surface area contributed by atoms with Crippen molar-refractivity contribution in [2.45, 2.75) is 64.0 Å². The van der Waals surface area contributed by atoms with E-state index in [1.165, 1.54) is 0 Å². The van der Waals surface area contributed by atoms with Gasteiger partial charge in [0.2, 0.25) is 5.91 Å². The molecule has 2 saturated heterocycles. The lowest BCUT2D eigenvalue weighted by Gasteiger charge is -2.36. The Balaban J connectivity index is 1.66. The molecule has 0 aromatic carbocycles. The first-order valence-corrected chi connectivity index (χ1v) is 8.51. The van der Waals surface area contributed by atoms with Gasteiger partial charge in [-0.15, -0.1) is 0 Å². The monoisotopic (exact) mass is 322 g/mol. The van der Waals surface area contributed by atoms with Gasteiger partial charge in [-0.2, -0.15) is 0 Å². The molecule has 2 aliphatic heterocycles. The molecule has 1 aliphatic carbocycles. The SMILES string of the molecule is CC(C)(C)OC(=O)N1CCC[C@]12CCN(C(=O)C1CC(=O)C1)C2. The zero-order chi connectivity index (χ0) is 16.8. The van der Waals surface area contributed by atoms with E-state index in [0.29, 0.717) is 32.5 Å². The van der Waals surface area contributed by atoms with E-state index >= 15 is 0 Å². The van der Waals surface area contributed by atoms with E-state index in [4.69, 9.17) is 4.74 Å². The Morgan fingerprint density at radius 1 is 1.17 bits per heavy atom. The number of Topliss-reactive ketones (excluding diaryl/α,β-unsaturated/α-hetero) is 1. The highest BCUT2D eigenvalue weighted by atomic mass is 16.6. The second kappa shape index (κ2) is 5.49. The highest BCUT2D eigenvalue weighted by Crippen LogP contribution is 2.40. The highest BCUT2D eigenvalue weighted by molar-refractivity contribution is 5.96. The Hall–Kier alpha value is -1.59. The average molecular weight is 322 g/mol. The number of ketones is 1. The minimum atomic E-state index is -0.513. The molecule has 0 bridgehead atoms. The molecule has 23 heavy (non-hydrogen) atoms. The number of rotatable bonds is 1. The quantitative estimate of drug-likeness (QED) is 0.740. The molecule has 0 N–H and O–H groups in total. The number of hydrogen-bond acceptors (Lipinski definition) is 4. The molecule has 0 unspecified atom stereocenters. The molecule has 2 amide bonds. The summed E-state index contributed by atoms with van der Waals surface area (Å²) in [5.74, 6) is 0.125. The molecule has 1 atom stereocenters. The maximum Gasteiger partial charge on any atom is 0.410 e. The van der Waals surface area contributed by atoms with Crippen LogP contribution in [0.25, 0.3) is 0 Å². The van der Waals surface area contributed by atoms with E-state index in [-0.39, 0.29) is 29.2 Å². The van der Waals surface area contributed by atoms with Gasteiger partial charge in [-0.3, -0.25) is 9.59 Å². The molecule has 3 aliphatic rings. The fourth-order valence-corrected chi connectivity index (χ4v) is 3.93. The van der Waals surface area contributed by atoms with Gasteiger partial charge in [0.25, 0.3) is 0 Å². The van der Waals surface area contributed by atoms with Gasteiger partial charge in [-0.25, -0.2) is 4.79 Å². The summed E-state index contributed by atoms with van der Waals surface area (Å²) in [6.07, 6.45) is 3.17. The van der Waals surface area contributed by atoms with E-state index in [1.807, 2.05) is 30.6 Å². The third-order valence-electron chi connectivity index (χ3n) is 5.15. The standard InChI is InChI=1S/C17H26N2O4/c1-16(2,3)23-15(22)19-7-4-5-17(19)6-8-18(11-17)14(21)12-9-13(20)10-12/h12H,4-11H2,1-3H3/t17-/m1/s1. The van der Waals surface area contributed by atoms with Crippen LogP contribution in [0.4, 0.5) is 4.79 Å². The maximum absolute atomic E-state index is 12.5. The van der Waals surface area contributed by atoms with E-state index < -0.39 is 5.60 Å². The number of nitrogens with zero attached hydrogens (tertiary/aromatic N) is 2. The minimum absolute atomic E-state index is 0.0810. The van der Waals surface area contributed by atoms with Crippen molar-refractivity contribution in [2.24, 2.45) is 5.92 Å². The van der Waals surface area contributed by atoms with Crippen molar-refractivity contribution in [3.8, 4) is 0 Å². The number of carbonyl (C=O) groups is 3. The van der Waals surface area contributed by atoms with Gasteiger partial charge in [0.1, 0.15) is 11.4 Å². The molecule has 1 spiro atoms. The first-order chi connectivity index (χ1) is 10.7. The Bertz CT molecular complexity index is 531. The molecule has 128 valence electrons. The minimum Gasteiger partial charge on any atom is -0.444 e. The van der Waals surface area contributed by atoms with Gasteiger partial charge in [-0.05, 0) is 40.0 Å². The fourth-order valence-electron chi connectivity index (χ4n) is 3.93. The third kappa shape index (κ3) is 3.08. The summed E-state index contributed by atoms with van der Waals surface area (Å²) in [6.45, 7) is 7.54. The number of hydrogen-bond donors (Lipinski definition) is 0. The van der Waals surface area contributed by atoms with E-state index in [0.717, 1.165) is 19.3 Å². The van der Waals surface area contributed by atoms with Gasteiger partial charge in [0, 0.05) is 32.5 Å². The Kier molecular flexibility index (Phi) is 3.89. The second-order valence-corrected chi connectivity index (χ2v) is 8.11. The van der Waals surface area contributed by atoms with Crippen molar-refractivity contribution in [1.29, 1.82) is 0 Å². The van der Waals surface area contributed by atoms with Gasteiger partial charge in [0.15, 0.2) is 0 Å². The van der Waals surface area contributed by atoms with Gasteiger partial charge in [-0.1, -0.05) is 0 Å². The Labute approximate surface area is 137 Å². The third-order valence-corrected chi connectivity index (χ3v) is 5.15. The van der Waals surface area contributed by atoms with Gasteiger partial charge in [0.05, 0.1) is 11.5 Å². The zero-order valence-corrected chi connectivity index (χ0v) is 14.3. The molecule has 6 heteroatoms. The smallest absolute Gasteiger partial charge is 0.410 e. The number of amides is 2. The van der Waals surface area contributed by atoms with Crippen molar-refractivity contribution < 1.29 is 19.1 Å². The summed E-state index contributed by atoms with van der Waals surface area (Å²) in [7, 11) is 0. The number of ether oxygens (including phenoxy) is 1. The van der Waals surface area contributed by atoms with Gasteiger partial charge < -0.3 is 14.5 Å². The Morgan fingerprint density at radius 2 is 1.87 bits per heavy atom. The topological polar surface area (TPSA) is 66.9 Å². The zero-order valence-electron chi connectivity index (χ0n) is 14.3. The fraction of sp³-hybridized carbons (Fsp3) is 0.824. The normalized spacial score (nSPS) is 28.4. The van der Waals surface area contributed by atoms with Crippen LogP contribution in [0.15, 0.2) is 0 Å². The number of likely N-dealkylation sites (tertiary alicyclic amines) is 2. The molecule has 1 saturated carbocycles. The Morgan fingerprint density at radius 3 is 2.48 bits per heavy atom. The lowest BCUT2D eigenvalue weighted by molar-refractivity contribution is -0.144. The van der Waals surface area contributed by atoms with E-state index in [1.54, 1.807) is 0 Å². The van der Waals surface area contributed by atoms with E-state index in [9.17, 15) is 14.4 Å². The van der Waals surface area contributed by atoms with Crippen molar-refractivity contribution in [1.82, 2.24) is 9.80 Å². The van der Waals surface area contributed by atoms with Crippen molar-refractivity contribution in [2.75, 3.05) is 19.6 Å². The highest BCUT2D eigenvalue weighted by Gasteiger charge is 2.51. The molecule has 2 heterocycles. The predicted octanol–water partition coefficient (Wildman–Crippen LogP) is 1.97. The summed E-state index contributed by atoms with van der Waals surface area (Å²) in [5, 5.41) is 0. The second-order valence-electron chi connectivity index (χ2n) is 8.11. The molecule has 3 rings (SSSR count). The maximum atomic E-state index is 12.5. The van der Waals surface area contributed by atoms with Crippen LogP contribution in [0.2, 0.25) is 0 Å². The first kappa shape index (κ1) is 16.3. The lowest BCUT2D eigenvalue weighted by atomic mass is 9.83. The van der Waals surface area contributed by atoms with E-state index in [2.05, 4.69) is 0 Å². The van der Waals surface area contributed by atoms with Crippen LogP contribution in [-0.2, 0) is 14.3 Å². The molecule has 0 aromatic heterocycles. The van der Waals surface area contributed by atoms with Crippen LogP contribution in [-0.4, -0.2) is 58.4 Å². The lowest BCUT2D eigenvalue weighted by Crippen LogP contribution is -2.51. The van der Waals surface area contributed by atoms with Crippen molar-refractivity contribution >= 4 is 17.8 Å². The summed E-state index contributed by atoms with van der Waals surface area (Å²) in [5.41, 5.74) is -0.785. The van der Waals surface area contributed by atoms with Crippen LogP contribution in [0.5, 0.6) is 0 Å². The number of carbonyl (C=O) groups excluding carboxylic acids is 3. The molecule has 6 nitrogen and oxygen atoms in total. The molecule has 3 fully saturated rings. The summed E-state index contributed by atoms with van der Waals surface area (Å²) >= 11 is 0. The average Bonchev–Trinajstić information content (AvgIpc) is 3.00. The first-order valence-electron chi connectivity index (χ1n) is 8.51. The van der Waals surface area contributed by atoms with Crippen LogP contribution in [0, 0.1) is 5.92 Å². The summed E-state index contributed by atoms with van der Waals surface area (Å²) < 4.78 is 5.54. The molecule has 0 radical (unpaired) electrons. The van der Waals surface area contributed by atoms with Crippen LogP contribution in [0.1, 0.15) is 52.9 Å². The summed E-state index contributed by atoms with van der Waals surface area (Å²) in [6, 6.07) is 0. The predicted molar refractivity (Wildman–Crippen MR) is 83.8 cm³/mol. The van der Waals surface area contributed by atoms with Crippen molar-refractivity contribution in [3.63, 3.8) is 0 Å². The molecular weight excluding hydrogens is 296 g/mol. The van der Waals surface area contributed by atoms with Crippen LogP contribution in [0.3, 0.4) is 0 Å². The summed E-state index contributed by atoms with van der Waals surface area (Å²) in [4.78, 5) is 39.7. The largest absolute Gasteiger partial charge is 0.444 e. The van der Waals surface area contributed by atoms with Crippen LogP contribution >= 0.6 is 0 Å². The van der Waals surface area contributed by atoms with Gasteiger partial charge >= 0.3 is 6.09 Å². The van der Waals surface area contributed by atoms with Crippen molar-refractivity contribution in [3.05, 3.63) is 0 Å². The molecular formula is C17H26N2O4. The van der Waals surface area contributed by atoms with Crippen LogP contribution < -0.4 is 0 Å². The molecule has 0 aromatic rings.